The SMILES string of the molecule is O=C(CN1C[C@H]2C[C@H](Oc3cccnc3)C[C@H]2C1)c1ccc(O)c(F)c1. The molecule has 6 heteroatoms. The fourth-order valence-electron chi connectivity index (χ4n) is 4.15. The number of nitrogens with zero attached hydrogens (tertiary/aromatic N) is 2. The van der Waals surface area contributed by atoms with Crippen molar-refractivity contribution >= 4 is 5.78 Å². The zero-order chi connectivity index (χ0) is 18.1. The van der Waals surface area contributed by atoms with Gasteiger partial charge < -0.3 is 9.84 Å². The quantitative estimate of drug-likeness (QED) is 0.835. The number of carbonyl (C=O) groups is 1. The van der Waals surface area contributed by atoms with Crippen molar-refractivity contribution in [1.29, 1.82) is 0 Å². The number of ether oxygens (including phenoxy) is 1. The van der Waals surface area contributed by atoms with Crippen molar-refractivity contribution in [3.8, 4) is 11.5 Å². The highest BCUT2D eigenvalue weighted by molar-refractivity contribution is 5.97. The Morgan fingerprint density at radius 2 is 2.04 bits per heavy atom. The smallest absolute Gasteiger partial charge is 0.176 e. The lowest BCUT2D eigenvalue weighted by Gasteiger charge is -2.19. The van der Waals surface area contributed by atoms with Crippen LogP contribution < -0.4 is 4.74 Å². The molecule has 1 saturated heterocycles. The molecule has 2 aliphatic rings. The Morgan fingerprint density at radius 3 is 2.69 bits per heavy atom. The molecule has 2 heterocycles. The minimum atomic E-state index is -0.760. The van der Waals surface area contributed by atoms with Crippen LogP contribution in [0.1, 0.15) is 23.2 Å². The summed E-state index contributed by atoms with van der Waals surface area (Å²) in [7, 11) is 0. The summed E-state index contributed by atoms with van der Waals surface area (Å²) in [5.41, 5.74) is 0.301. The summed E-state index contributed by atoms with van der Waals surface area (Å²) < 4.78 is 19.4. The number of carbonyl (C=O) groups excluding carboxylic acids is 1. The molecule has 0 unspecified atom stereocenters. The molecule has 0 spiro atoms. The average molecular weight is 356 g/mol. The molecule has 1 aliphatic heterocycles. The molecule has 136 valence electrons. The lowest BCUT2D eigenvalue weighted by molar-refractivity contribution is 0.0936. The second-order valence-corrected chi connectivity index (χ2v) is 7.20. The molecule has 1 N–H and O–H groups in total. The van der Waals surface area contributed by atoms with Gasteiger partial charge >= 0.3 is 0 Å². The van der Waals surface area contributed by atoms with Gasteiger partial charge in [-0.15, -0.1) is 0 Å². The molecular weight excluding hydrogens is 335 g/mol. The number of pyridine rings is 1. The van der Waals surface area contributed by atoms with E-state index in [0.717, 1.165) is 37.7 Å². The summed E-state index contributed by atoms with van der Waals surface area (Å²) in [6.07, 6.45) is 5.63. The molecule has 2 fully saturated rings. The van der Waals surface area contributed by atoms with E-state index < -0.39 is 11.6 Å². The number of aromatic hydroxyl groups is 1. The van der Waals surface area contributed by atoms with Crippen LogP contribution in [0, 0.1) is 17.7 Å². The number of hydrogen-bond acceptors (Lipinski definition) is 5. The largest absolute Gasteiger partial charge is 0.505 e. The summed E-state index contributed by atoms with van der Waals surface area (Å²) >= 11 is 0. The summed E-state index contributed by atoms with van der Waals surface area (Å²) in [6.45, 7) is 2.01. The Morgan fingerprint density at radius 1 is 1.27 bits per heavy atom. The second kappa shape index (κ2) is 7.03. The zero-order valence-corrected chi connectivity index (χ0v) is 14.3. The highest BCUT2D eigenvalue weighted by Crippen LogP contribution is 2.39. The first-order valence-electron chi connectivity index (χ1n) is 8.89. The number of benzene rings is 1. The third-order valence-electron chi connectivity index (χ3n) is 5.36. The van der Waals surface area contributed by atoms with Gasteiger partial charge in [0.05, 0.1) is 18.8 Å². The molecule has 26 heavy (non-hydrogen) atoms. The maximum atomic E-state index is 13.4. The molecule has 1 aliphatic carbocycles. The van der Waals surface area contributed by atoms with Crippen molar-refractivity contribution in [2.24, 2.45) is 11.8 Å². The van der Waals surface area contributed by atoms with E-state index in [1.54, 1.807) is 12.4 Å². The van der Waals surface area contributed by atoms with E-state index >= 15 is 0 Å². The minimum absolute atomic E-state index is 0.118. The van der Waals surface area contributed by atoms with Gasteiger partial charge in [-0.3, -0.25) is 14.7 Å². The molecular formula is C20H21FN2O3. The average Bonchev–Trinajstić information content (AvgIpc) is 3.16. The molecule has 1 aromatic carbocycles. The highest BCUT2D eigenvalue weighted by atomic mass is 19.1. The number of aromatic nitrogens is 1. The van der Waals surface area contributed by atoms with Crippen molar-refractivity contribution in [3.05, 3.63) is 54.1 Å². The first-order valence-corrected chi connectivity index (χ1v) is 8.89. The maximum Gasteiger partial charge on any atom is 0.176 e. The molecule has 0 amide bonds. The van der Waals surface area contributed by atoms with Gasteiger partial charge in [0.15, 0.2) is 17.3 Å². The highest BCUT2D eigenvalue weighted by Gasteiger charge is 2.42. The number of ketones is 1. The van der Waals surface area contributed by atoms with Crippen LogP contribution in [0.2, 0.25) is 0 Å². The molecule has 5 nitrogen and oxygen atoms in total. The Bertz CT molecular complexity index is 785. The normalized spacial score (nSPS) is 25.2. The van der Waals surface area contributed by atoms with E-state index in [0.29, 0.717) is 17.4 Å². The molecule has 0 radical (unpaired) electrons. The number of fused-ring (bicyclic) bond motifs is 1. The van der Waals surface area contributed by atoms with Gasteiger partial charge in [0, 0.05) is 24.8 Å². The predicted molar refractivity (Wildman–Crippen MR) is 93.7 cm³/mol. The Labute approximate surface area is 151 Å². The third kappa shape index (κ3) is 3.55. The summed E-state index contributed by atoms with van der Waals surface area (Å²) in [5.74, 6) is 0.550. The van der Waals surface area contributed by atoms with Crippen LogP contribution in [0.3, 0.4) is 0 Å². The van der Waals surface area contributed by atoms with Gasteiger partial charge in [-0.05, 0) is 55.0 Å². The summed E-state index contributed by atoms with van der Waals surface area (Å²) in [5, 5.41) is 9.24. The van der Waals surface area contributed by atoms with Gasteiger partial charge in [0.2, 0.25) is 0 Å². The third-order valence-corrected chi connectivity index (χ3v) is 5.36. The number of hydrogen-bond donors (Lipinski definition) is 1. The van der Waals surface area contributed by atoms with E-state index in [9.17, 15) is 14.3 Å². The van der Waals surface area contributed by atoms with Crippen molar-refractivity contribution in [3.63, 3.8) is 0 Å². The van der Waals surface area contributed by atoms with Gasteiger partial charge in [-0.2, -0.15) is 0 Å². The standard InChI is InChI=1S/C20H21FN2O3/c21-18-8-13(3-4-19(18)24)20(25)12-23-10-14-6-17(7-15(14)11-23)26-16-2-1-5-22-9-16/h1-5,8-9,14-15,17,24H,6-7,10-12H2/t14-,15+,17+. The fourth-order valence-corrected chi connectivity index (χ4v) is 4.15. The van der Waals surface area contributed by atoms with Gasteiger partial charge in [-0.25, -0.2) is 4.39 Å². The van der Waals surface area contributed by atoms with E-state index in [1.165, 1.54) is 12.1 Å². The minimum Gasteiger partial charge on any atom is -0.505 e. The molecule has 0 bridgehead atoms. The number of rotatable bonds is 5. The molecule has 3 atom stereocenters. The Hall–Kier alpha value is -2.47. The van der Waals surface area contributed by atoms with Crippen LogP contribution in [0.25, 0.3) is 0 Å². The molecule has 2 aromatic rings. The topological polar surface area (TPSA) is 62.7 Å². The van der Waals surface area contributed by atoms with Crippen LogP contribution in [0.5, 0.6) is 11.5 Å². The first kappa shape index (κ1) is 17.0. The van der Waals surface area contributed by atoms with E-state index in [4.69, 9.17) is 4.74 Å². The maximum absolute atomic E-state index is 13.4. The molecule has 1 aromatic heterocycles. The Balaban J connectivity index is 1.30. The van der Waals surface area contributed by atoms with E-state index in [1.807, 2.05) is 12.1 Å². The number of Topliss-reactive ketones (excluding diaryl/α,β-unsaturated/α-hetero) is 1. The van der Waals surface area contributed by atoms with Crippen LogP contribution in [0.15, 0.2) is 42.7 Å². The first-order chi connectivity index (χ1) is 12.6. The van der Waals surface area contributed by atoms with Gasteiger partial charge in [-0.1, -0.05) is 0 Å². The second-order valence-electron chi connectivity index (χ2n) is 7.20. The zero-order valence-electron chi connectivity index (χ0n) is 14.3. The van der Waals surface area contributed by atoms with E-state index in [-0.39, 0.29) is 18.4 Å². The number of likely N-dealkylation sites (tertiary alicyclic amines) is 1. The lowest BCUT2D eigenvalue weighted by atomic mass is 10.0. The van der Waals surface area contributed by atoms with E-state index in [2.05, 4.69) is 9.88 Å². The van der Waals surface area contributed by atoms with Gasteiger partial charge in [0.1, 0.15) is 5.75 Å². The summed E-state index contributed by atoms with van der Waals surface area (Å²) in [6, 6.07) is 7.58. The van der Waals surface area contributed by atoms with Crippen LogP contribution in [-0.4, -0.2) is 46.5 Å². The molecule has 4 rings (SSSR count). The summed E-state index contributed by atoms with van der Waals surface area (Å²) in [4.78, 5) is 18.6. The van der Waals surface area contributed by atoms with Crippen LogP contribution in [0.4, 0.5) is 4.39 Å². The van der Waals surface area contributed by atoms with Crippen molar-refractivity contribution in [2.45, 2.75) is 18.9 Å². The number of halogens is 1. The number of phenols is 1. The van der Waals surface area contributed by atoms with Crippen molar-refractivity contribution in [2.75, 3.05) is 19.6 Å². The van der Waals surface area contributed by atoms with Crippen molar-refractivity contribution in [1.82, 2.24) is 9.88 Å². The fraction of sp³-hybridized carbons (Fsp3) is 0.400. The predicted octanol–water partition coefficient (Wildman–Crippen LogP) is 2.90. The van der Waals surface area contributed by atoms with Crippen LogP contribution >= 0.6 is 0 Å². The lowest BCUT2D eigenvalue weighted by Crippen LogP contribution is -2.30. The van der Waals surface area contributed by atoms with Crippen LogP contribution in [-0.2, 0) is 0 Å². The number of phenolic OH excluding ortho intramolecular Hbond substituents is 1. The Kier molecular flexibility index (Phi) is 4.59. The molecule has 1 saturated carbocycles. The monoisotopic (exact) mass is 356 g/mol. The van der Waals surface area contributed by atoms with Crippen molar-refractivity contribution < 1.29 is 19.0 Å². The van der Waals surface area contributed by atoms with Gasteiger partial charge in [0.25, 0.3) is 0 Å².